The largest absolute Gasteiger partial charge is 0.379 e. The standard InChI is InChI=1S/C14H18N2OS2/c1-2-5-13-12(4-1)18-14(19-13)15-6-3-7-16-8-10-17-11-9-16/h1-2,4-5H,3,6-11H2. The Morgan fingerprint density at radius 2 is 1.79 bits per heavy atom. The van der Waals surface area contributed by atoms with Gasteiger partial charge in [-0.25, -0.2) is 0 Å². The number of benzene rings is 1. The van der Waals surface area contributed by atoms with Gasteiger partial charge in [0.2, 0.25) is 0 Å². The Morgan fingerprint density at radius 1 is 1.11 bits per heavy atom. The third kappa shape index (κ3) is 3.63. The maximum absolute atomic E-state index is 5.35. The fraction of sp³-hybridized carbons (Fsp3) is 0.500. The second-order valence-corrected chi connectivity index (χ2v) is 6.93. The Labute approximate surface area is 121 Å². The molecule has 0 saturated carbocycles. The second-order valence-electron chi connectivity index (χ2n) is 4.61. The Morgan fingerprint density at radius 3 is 2.47 bits per heavy atom. The van der Waals surface area contributed by atoms with Crippen LogP contribution in [0.5, 0.6) is 0 Å². The van der Waals surface area contributed by atoms with Crippen LogP contribution < -0.4 is 3.98 Å². The first-order valence-electron chi connectivity index (χ1n) is 6.71. The Bertz CT molecular complexity index is 548. The lowest BCUT2D eigenvalue weighted by Crippen LogP contribution is -2.37. The van der Waals surface area contributed by atoms with Crippen molar-refractivity contribution in [3.05, 3.63) is 28.3 Å². The van der Waals surface area contributed by atoms with E-state index in [1.54, 1.807) is 22.7 Å². The van der Waals surface area contributed by atoms with E-state index in [0.29, 0.717) is 0 Å². The molecular weight excluding hydrogens is 276 g/mol. The molecule has 1 aromatic carbocycles. The van der Waals surface area contributed by atoms with Gasteiger partial charge in [-0.05, 0) is 18.6 Å². The zero-order valence-corrected chi connectivity index (χ0v) is 12.5. The number of ether oxygens (including phenoxy) is 1. The van der Waals surface area contributed by atoms with Gasteiger partial charge in [-0.2, -0.15) is 0 Å². The average molecular weight is 294 g/mol. The quantitative estimate of drug-likeness (QED) is 0.810. The lowest BCUT2D eigenvalue weighted by Gasteiger charge is -2.26. The fourth-order valence-electron chi connectivity index (χ4n) is 2.18. The summed E-state index contributed by atoms with van der Waals surface area (Å²) in [6, 6.07) is 8.52. The van der Waals surface area contributed by atoms with E-state index in [9.17, 15) is 0 Å². The highest BCUT2D eigenvalue weighted by atomic mass is 32.2. The van der Waals surface area contributed by atoms with Gasteiger partial charge in [0.15, 0.2) is 3.98 Å². The summed E-state index contributed by atoms with van der Waals surface area (Å²) in [6.07, 6.45) is 1.14. The summed E-state index contributed by atoms with van der Waals surface area (Å²) in [5.41, 5.74) is 0. The molecule has 0 amide bonds. The molecule has 1 aliphatic rings. The highest BCUT2D eigenvalue weighted by Crippen LogP contribution is 2.20. The Balaban J connectivity index is 1.54. The molecule has 1 aliphatic heterocycles. The van der Waals surface area contributed by atoms with E-state index in [2.05, 4.69) is 29.2 Å². The zero-order chi connectivity index (χ0) is 12.9. The van der Waals surface area contributed by atoms with Crippen LogP contribution in [0.4, 0.5) is 0 Å². The van der Waals surface area contributed by atoms with Crippen LogP contribution >= 0.6 is 22.7 Å². The molecule has 0 atom stereocenters. The van der Waals surface area contributed by atoms with Crippen LogP contribution in [0.25, 0.3) is 9.40 Å². The van der Waals surface area contributed by atoms with Crippen molar-refractivity contribution in [3.8, 4) is 0 Å². The number of fused-ring (bicyclic) bond motifs is 1. The van der Waals surface area contributed by atoms with Crippen LogP contribution in [0.1, 0.15) is 6.42 Å². The van der Waals surface area contributed by atoms with E-state index in [-0.39, 0.29) is 0 Å². The first kappa shape index (κ1) is 13.2. The summed E-state index contributed by atoms with van der Waals surface area (Å²) in [7, 11) is 0. The second kappa shape index (κ2) is 6.61. The summed E-state index contributed by atoms with van der Waals surface area (Å²) in [4.78, 5) is 7.17. The average Bonchev–Trinajstić information content (AvgIpc) is 2.87. The Kier molecular flexibility index (Phi) is 4.61. The van der Waals surface area contributed by atoms with Gasteiger partial charge in [0.25, 0.3) is 0 Å². The third-order valence-corrected chi connectivity index (χ3v) is 5.61. The highest BCUT2D eigenvalue weighted by Gasteiger charge is 2.08. The summed E-state index contributed by atoms with van der Waals surface area (Å²) in [6.45, 7) is 5.99. The van der Waals surface area contributed by atoms with Crippen LogP contribution in [0.3, 0.4) is 0 Å². The molecule has 0 spiro atoms. The maximum atomic E-state index is 5.35. The van der Waals surface area contributed by atoms with Crippen LogP contribution in [0, 0.1) is 0 Å². The minimum absolute atomic E-state index is 0.884. The molecule has 3 rings (SSSR count). The molecule has 1 aromatic heterocycles. The van der Waals surface area contributed by atoms with E-state index < -0.39 is 0 Å². The van der Waals surface area contributed by atoms with Crippen molar-refractivity contribution in [2.75, 3.05) is 39.4 Å². The Hall–Kier alpha value is -0.750. The molecule has 0 radical (unpaired) electrons. The SMILES string of the molecule is c1ccc2sc(=NCCCN3CCOCC3)sc2c1. The van der Waals surface area contributed by atoms with Crippen molar-refractivity contribution in [3.63, 3.8) is 0 Å². The summed E-state index contributed by atoms with van der Waals surface area (Å²) in [5, 5.41) is 0. The van der Waals surface area contributed by atoms with Crippen LogP contribution in [-0.4, -0.2) is 44.3 Å². The molecule has 5 heteroatoms. The molecule has 102 valence electrons. The maximum Gasteiger partial charge on any atom is 0.167 e. The van der Waals surface area contributed by atoms with Crippen molar-refractivity contribution in [2.24, 2.45) is 4.99 Å². The van der Waals surface area contributed by atoms with Crippen LogP contribution in [0.2, 0.25) is 0 Å². The first-order valence-corrected chi connectivity index (χ1v) is 8.34. The molecule has 2 aromatic rings. The zero-order valence-electron chi connectivity index (χ0n) is 10.9. The van der Waals surface area contributed by atoms with Crippen LogP contribution in [-0.2, 0) is 4.74 Å². The molecule has 19 heavy (non-hydrogen) atoms. The monoisotopic (exact) mass is 294 g/mol. The number of rotatable bonds is 4. The van der Waals surface area contributed by atoms with E-state index in [4.69, 9.17) is 9.73 Å². The predicted octanol–water partition coefficient (Wildman–Crippen LogP) is 2.59. The van der Waals surface area contributed by atoms with Crippen molar-refractivity contribution >= 4 is 32.1 Å². The fourth-order valence-corrected chi connectivity index (χ4v) is 4.46. The van der Waals surface area contributed by atoms with E-state index >= 15 is 0 Å². The van der Waals surface area contributed by atoms with Crippen molar-refractivity contribution in [1.82, 2.24) is 4.90 Å². The molecule has 1 saturated heterocycles. The lowest BCUT2D eigenvalue weighted by atomic mass is 10.3. The van der Waals surface area contributed by atoms with Crippen molar-refractivity contribution < 1.29 is 4.74 Å². The molecule has 3 nitrogen and oxygen atoms in total. The topological polar surface area (TPSA) is 24.8 Å². The molecular formula is C14H18N2OS2. The molecule has 0 aliphatic carbocycles. The van der Waals surface area contributed by atoms with Gasteiger partial charge in [0, 0.05) is 35.6 Å². The van der Waals surface area contributed by atoms with E-state index in [1.165, 1.54) is 13.4 Å². The lowest BCUT2D eigenvalue weighted by molar-refractivity contribution is 0.0377. The number of morpholine rings is 1. The summed E-state index contributed by atoms with van der Waals surface area (Å²) < 4.78 is 9.24. The van der Waals surface area contributed by atoms with Crippen molar-refractivity contribution in [1.29, 1.82) is 0 Å². The summed E-state index contributed by atoms with van der Waals surface area (Å²) >= 11 is 3.60. The number of hydrogen-bond donors (Lipinski definition) is 0. The predicted molar refractivity (Wildman–Crippen MR) is 82.0 cm³/mol. The van der Waals surface area contributed by atoms with Gasteiger partial charge in [-0.15, -0.1) is 22.7 Å². The van der Waals surface area contributed by atoms with E-state index in [0.717, 1.165) is 45.8 Å². The minimum Gasteiger partial charge on any atom is -0.379 e. The molecule has 0 unspecified atom stereocenters. The first-order chi connectivity index (χ1) is 9.42. The van der Waals surface area contributed by atoms with Gasteiger partial charge in [-0.1, -0.05) is 12.1 Å². The molecule has 2 heterocycles. The molecule has 0 N–H and O–H groups in total. The van der Waals surface area contributed by atoms with Crippen molar-refractivity contribution in [2.45, 2.75) is 6.42 Å². The normalized spacial score (nSPS) is 16.8. The number of nitrogens with zero attached hydrogens (tertiary/aromatic N) is 2. The molecule has 0 bridgehead atoms. The third-order valence-electron chi connectivity index (χ3n) is 3.22. The smallest absolute Gasteiger partial charge is 0.167 e. The minimum atomic E-state index is 0.884. The number of hydrogen-bond acceptors (Lipinski definition) is 5. The van der Waals surface area contributed by atoms with Gasteiger partial charge in [-0.3, -0.25) is 9.89 Å². The van der Waals surface area contributed by atoms with Gasteiger partial charge < -0.3 is 4.74 Å². The highest BCUT2D eigenvalue weighted by molar-refractivity contribution is 7.35. The summed E-state index contributed by atoms with van der Waals surface area (Å²) in [5.74, 6) is 0. The molecule has 1 fully saturated rings. The van der Waals surface area contributed by atoms with Crippen LogP contribution in [0.15, 0.2) is 29.3 Å². The van der Waals surface area contributed by atoms with Gasteiger partial charge in [0.1, 0.15) is 0 Å². The van der Waals surface area contributed by atoms with E-state index in [1.807, 2.05) is 0 Å². The van der Waals surface area contributed by atoms with Gasteiger partial charge in [0.05, 0.1) is 13.2 Å². The van der Waals surface area contributed by atoms with Gasteiger partial charge >= 0.3 is 0 Å².